The van der Waals surface area contributed by atoms with Gasteiger partial charge in [0.25, 0.3) is 17.4 Å². The Bertz CT molecular complexity index is 1190. The van der Waals surface area contributed by atoms with Crippen molar-refractivity contribution in [2.75, 3.05) is 6.54 Å². The van der Waals surface area contributed by atoms with E-state index in [0.717, 1.165) is 19.3 Å². The number of Topliss-reactive ketones (excluding diaryl/α,β-unsaturated/α-hetero) is 1. The molecule has 0 spiro atoms. The standard InChI is InChI=1S/C33H43FN2O5/c1-2-3-4-5-6-7-8-9-10-11-12-13-14-17-24-35-30(27-18-15-16-19-28(27)34)29(32(38)33(35)39)31(37)25-20-22-26(23-21-25)36(40)41/h15-16,18-23,30,37H,2-14,17,24H2,1H3/b31-29+. The van der Waals surface area contributed by atoms with Crippen LogP contribution in [0.1, 0.15) is 114 Å². The first-order valence-electron chi connectivity index (χ1n) is 15.1. The molecule has 0 saturated carbocycles. The third-order valence-electron chi connectivity index (χ3n) is 7.84. The van der Waals surface area contributed by atoms with Gasteiger partial charge in [0.2, 0.25) is 0 Å². The van der Waals surface area contributed by atoms with Gasteiger partial charge in [0.05, 0.1) is 16.5 Å². The lowest BCUT2D eigenvalue weighted by atomic mass is 9.94. The summed E-state index contributed by atoms with van der Waals surface area (Å²) in [6, 6.07) is 9.87. The molecule has 222 valence electrons. The Morgan fingerprint density at radius 2 is 1.34 bits per heavy atom. The Kier molecular flexibility index (Phi) is 13.0. The number of rotatable bonds is 18. The molecule has 1 aliphatic rings. The molecule has 1 fully saturated rings. The van der Waals surface area contributed by atoms with Crippen LogP contribution >= 0.6 is 0 Å². The van der Waals surface area contributed by atoms with Crippen LogP contribution in [0.4, 0.5) is 10.1 Å². The van der Waals surface area contributed by atoms with Crippen molar-refractivity contribution in [3.05, 3.63) is 81.2 Å². The molecular formula is C33H43FN2O5. The van der Waals surface area contributed by atoms with Crippen molar-refractivity contribution >= 4 is 23.1 Å². The van der Waals surface area contributed by atoms with Gasteiger partial charge in [0.1, 0.15) is 11.6 Å². The molecule has 41 heavy (non-hydrogen) atoms. The minimum absolute atomic E-state index is 0.125. The van der Waals surface area contributed by atoms with Gasteiger partial charge in [-0.1, -0.05) is 109 Å². The van der Waals surface area contributed by atoms with Crippen molar-refractivity contribution in [2.45, 2.75) is 103 Å². The fourth-order valence-electron chi connectivity index (χ4n) is 5.50. The van der Waals surface area contributed by atoms with E-state index in [4.69, 9.17) is 0 Å². The van der Waals surface area contributed by atoms with Crippen molar-refractivity contribution < 1.29 is 24.0 Å². The molecule has 1 atom stereocenters. The van der Waals surface area contributed by atoms with Crippen LogP contribution in [0, 0.1) is 15.9 Å². The second kappa shape index (κ2) is 16.7. The Morgan fingerprint density at radius 3 is 1.85 bits per heavy atom. The summed E-state index contributed by atoms with van der Waals surface area (Å²) in [6.07, 6.45) is 16.7. The highest BCUT2D eigenvalue weighted by Gasteiger charge is 2.46. The monoisotopic (exact) mass is 566 g/mol. The number of aliphatic hydroxyl groups excluding tert-OH is 1. The van der Waals surface area contributed by atoms with Gasteiger partial charge in [-0.15, -0.1) is 0 Å². The number of carbonyl (C=O) groups is 2. The average Bonchev–Trinajstić information content (AvgIpc) is 3.22. The number of nitro benzene ring substituents is 1. The number of hydrogen-bond donors (Lipinski definition) is 1. The van der Waals surface area contributed by atoms with E-state index >= 15 is 0 Å². The molecule has 0 radical (unpaired) electrons. The topological polar surface area (TPSA) is 101 Å². The molecule has 1 saturated heterocycles. The number of hydrogen-bond acceptors (Lipinski definition) is 5. The number of nitrogens with zero attached hydrogens (tertiary/aromatic N) is 2. The van der Waals surface area contributed by atoms with Gasteiger partial charge in [0, 0.05) is 29.8 Å². The maximum atomic E-state index is 14.9. The van der Waals surface area contributed by atoms with E-state index in [2.05, 4.69) is 6.92 Å². The number of amides is 1. The highest BCUT2D eigenvalue weighted by Crippen LogP contribution is 2.40. The molecule has 1 aliphatic heterocycles. The van der Waals surface area contributed by atoms with Crippen LogP contribution < -0.4 is 0 Å². The first kappa shape index (κ1) is 32.0. The van der Waals surface area contributed by atoms with E-state index in [1.54, 1.807) is 6.07 Å². The van der Waals surface area contributed by atoms with Crippen LogP contribution in [0.5, 0.6) is 0 Å². The SMILES string of the molecule is CCCCCCCCCCCCCCCCN1C(=O)C(=O)/C(=C(/O)c2ccc([N+](=O)[O-])cc2)C1c1ccccc1F. The number of unbranched alkanes of at least 4 members (excludes halogenated alkanes) is 13. The summed E-state index contributed by atoms with van der Waals surface area (Å²) >= 11 is 0. The summed E-state index contributed by atoms with van der Waals surface area (Å²) < 4.78 is 14.9. The number of ketones is 1. The minimum Gasteiger partial charge on any atom is -0.507 e. The highest BCUT2D eigenvalue weighted by molar-refractivity contribution is 6.46. The molecule has 8 heteroatoms. The second-order valence-electron chi connectivity index (χ2n) is 10.9. The normalized spacial score (nSPS) is 16.4. The van der Waals surface area contributed by atoms with Gasteiger partial charge in [0.15, 0.2) is 0 Å². The maximum Gasteiger partial charge on any atom is 0.295 e. The predicted molar refractivity (Wildman–Crippen MR) is 159 cm³/mol. The lowest BCUT2D eigenvalue weighted by Gasteiger charge is -2.25. The van der Waals surface area contributed by atoms with Crippen molar-refractivity contribution in [2.24, 2.45) is 0 Å². The number of carbonyl (C=O) groups excluding carboxylic acids is 2. The first-order chi connectivity index (χ1) is 19.9. The summed E-state index contributed by atoms with van der Waals surface area (Å²) in [4.78, 5) is 38.0. The molecule has 1 N–H and O–H groups in total. The zero-order valence-electron chi connectivity index (χ0n) is 24.2. The summed E-state index contributed by atoms with van der Waals surface area (Å²) in [6.45, 7) is 2.50. The van der Waals surface area contributed by atoms with Gasteiger partial charge in [-0.05, 0) is 24.6 Å². The molecule has 3 rings (SSSR count). The smallest absolute Gasteiger partial charge is 0.295 e. The summed E-state index contributed by atoms with van der Waals surface area (Å²) in [5.41, 5.74) is -0.114. The quantitative estimate of drug-likeness (QED) is 0.0486. The number of non-ortho nitro benzene ring substituents is 1. The fourth-order valence-corrected chi connectivity index (χ4v) is 5.50. The average molecular weight is 567 g/mol. The Hall–Kier alpha value is -3.55. The molecular weight excluding hydrogens is 523 g/mol. The predicted octanol–water partition coefficient (Wildman–Crippen LogP) is 8.64. The third kappa shape index (κ3) is 8.97. The van der Waals surface area contributed by atoms with Crippen molar-refractivity contribution in [3.63, 3.8) is 0 Å². The largest absolute Gasteiger partial charge is 0.507 e. The zero-order valence-corrected chi connectivity index (χ0v) is 24.2. The zero-order chi connectivity index (χ0) is 29.6. The van der Waals surface area contributed by atoms with Gasteiger partial charge in [-0.25, -0.2) is 4.39 Å². The molecule has 1 unspecified atom stereocenters. The Balaban J connectivity index is 1.58. The molecule has 2 aromatic rings. The van der Waals surface area contributed by atoms with Crippen LogP contribution in [-0.2, 0) is 9.59 Å². The molecule has 0 aliphatic carbocycles. The molecule has 0 bridgehead atoms. The van der Waals surface area contributed by atoms with Crippen LogP contribution in [-0.4, -0.2) is 33.2 Å². The molecule has 0 aromatic heterocycles. The van der Waals surface area contributed by atoms with Crippen molar-refractivity contribution in [1.29, 1.82) is 0 Å². The van der Waals surface area contributed by atoms with E-state index in [9.17, 15) is 29.2 Å². The Labute approximate surface area is 242 Å². The summed E-state index contributed by atoms with van der Waals surface area (Å²) in [5, 5.41) is 22.1. The van der Waals surface area contributed by atoms with E-state index in [1.165, 1.54) is 112 Å². The number of halogens is 1. The van der Waals surface area contributed by atoms with Crippen LogP contribution in [0.3, 0.4) is 0 Å². The lowest BCUT2D eigenvalue weighted by Crippen LogP contribution is -2.31. The number of nitro groups is 1. The number of benzene rings is 2. The van der Waals surface area contributed by atoms with Gasteiger partial charge in [-0.2, -0.15) is 0 Å². The van der Waals surface area contributed by atoms with E-state index in [1.807, 2.05) is 0 Å². The minimum atomic E-state index is -1.08. The lowest BCUT2D eigenvalue weighted by molar-refractivity contribution is -0.384. The van der Waals surface area contributed by atoms with Crippen molar-refractivity contribution in [3.8, 4) is 0 Å². The maximum absolute atomic E-state index is 14.9. The third-order valence-corrected chi connectivity index (χ3v) is 7.84. The molecule has 1 amide bonds. The van der Waals surface area contributed by atoms with Gasteiger partial charge < -0.3 is 10.0 Å². The molecule has 1 heterocycles. The van der Waals surface area contributed by atoms with E-state index < -0.39 is 34.2 Å². The van der Waals surface area contributed by atoms with Gasteiger partial charge in [-0.3, -0.25) is 19.7 Å². The molecule has 2 aromatic carbocycles. The first-order valence-corrected chi connectivity index (χ1v) is 15.1. The van der Waals surface area contributed by atoms with Gasteiger partial charge >= 0.3 is 0 Å². The van der Waals surface area contributed by atoms with Crippen LogP contribution in [0.2, 0.25) is 0 Å². The number of likely N-dealkylation sites (tertiary alicyclic amines) is 1. The summed E-state index contributed by atoms with van der Waals surface area (Å²) in [5.74, 6) is -2.73. The number of aliphatic hydroxyl groups is 1. The summed E-state index contributed by atoms with van der Waals surface area (Å²) in [7, 11) is 0. The second-order valence-corrected chi connectivity index (χ2v) is 10.9. The van der Waals surface area contributed by atoms with Crippen LogP contribution in [0.15, 0.2) is 54.1 Å². The fraction of sp³-hybridized carbons (Fsp3) is 0.515. The van der Waals surface area contributed by atoms with E-state index in [0.29, 0.717) is 6.42 Å². The van der Waals surface area contributed by atoms with Crippen molar-refractivity contribution in [1.82, 2.24) is 4.90 Å². The van der Waals surface area contributed by atoms with Crippen LogP contribution in [0.25, 0.3) is 5.76 Å². The Morgan fingerprint density at radius 1 is 0.829 bits per heavy atom. The highest BCUT2D eigenvalue weighted by atomic mass is 19.1. The molecule has 7 nitrogen and oxygen atoms in total. The van der Waals surface area contributed by atoms with E-state index in [-0.39, 0.29) is 28.9 Å².